The van der Waals surface area contributed by atoms with Gasteiger partial charge in [0.05, 0.1) is 5.69 Å². The summed E-state index contributed by atoms with van der Waals surface area (Å²) >= 11 is 0. The molecule has 1 unspecified atom stereocenters. The summed E-state index contributed by atoms with van der Waals surface area (Å²) in [6.45, 7) is -2.93. The smallest absolute Gasteiger partial charge is 0.387 e. The topological polar surface area (TPSA) is 47.3 Å². The molecule has 0 aliphatic heterocycles. The van der Waals surface area contributed by atoms with Crippen molar-refractivity contribution in [3.8, 4) is 5.75 Å². The molecule has 1 heterocycles. The first-order chi connectivity index (χ1) is 8.59. The van der Waals surface area contributed by atoms with Gasteiger partial charge in [0, 0.05) is 18.8 Å². The van der Waals surface area contributed by atoms with Gasteiger partial charge < -0.3 is 9.84 Å². The SMILES string of the molecule is Cn1nccc1C(O)c1ccccc1OC(F)F. The van der Waals surface area contributed by atoms with E-state index < -0.39 is 12.7 Å². The van der Waals surface area contributed by atoms with Gasteiger partial charge in [0.15, 0.2) is 0 Å². The summed E-state index contributed by atoms with van der Waals surface area (Å²) in [5.74, 6) is -0.0406. The van der Waals surface area contributed by atoms with Gasteiger partial charge in [-0.05, 0) is 12.1 Å². The number of aliphatic hydroxyl groups is 1. The molecule has 0 fully saturated rings. The largest absolute Gasteiger partial charge is 0.434 e. The average molecular weight is 254 g/mol. The Hall–Kier alpha value is -1.95. The molecule has 1 atom stereocenters. The number of aliphatic hydroxyl groups excluding tert-OH is 1. The second-order valence-electron chi connectivity index (χ2n) is 3.70. The van der Waals surface area contributed by atoms with Gasteiger partial charge >= 0.3 is 6.61 Å². The van der Waals surface area contributed by atoms with Gasteiger partial charge in [-0.3, -0.25) is 4.68 Å². The van der Waals surface area contributed by atoms with Crippen molar-refractivity contribution in [2.24, 2.45) is 7.05 Å². The number of halogens is 2. The zero-order valence-electron chi connectivity index (χ0n) is 9.62. The fourth-order valence-corrected chi connectivity index (χ4v) is 1.72. The van der Waals surface area contributed by atoms with Gasteiger partial charge in [-0.25, -0.2) is 0 Å². The number of ether oxygens (including phenoxy) is 1. The van der Waals surface area contributed by atoms with Crippen molar-refractivity contribution in [3.63, 3.8) is 0 Å². The molecule has 0 aliphatic rings. The number of nitrogens with zero attached hydrogens (tertiary/aromatic N) is 2. The van der Waals surface area contributed by atoms with Crippen molar-refractivity contribution in [2.75, 3.05) is 0 Å². The van der Waals surface area contributed by atoms with Crippen LogP contribution in [0.1, 0.15) is 17.4 Å². The number of alkyl halides is 2. The first-order valence-corrected chi connectivity index (χ1v) is 5.29. The Morgan fingerprint density at radius 3 is 2.61 bits per heavy atom. The fourth-order valence-electron chi connectivity index (χ4n) is 1.72. The lowest BCUT2D eigenvalue weighted by Gasteiger charge is -2.15. The number of aryl methyl sites for hydroxylation is 1. The number of benzene rings is 1. The van der Waals surface area contributed by atoms with E-state index in [2.05, 4.69) is 9.84 Å². The Bertz CT molecular complexity index is 528. The molecule has 1 N–H and O–H groups in total. The normalized spacial score (nSPS) is 12.7. The van der Waals surface area contributed by atoms with E-state index in [4.69, 9.17) is 0 Å². The third kappa shape index (κ3) is 2.48. The predicted molar refractivity (Wildman–Crippen MR) is 60.3 cm³/mol. The molecular weight excluding hydrogens is 242 g/mol. The zero-order valence-corrected chi connectivity index (χ0v) is 9.62. The maximum absolute atomic E-state index is 12.3. The number of para-hydroxylation sites is 1. The van der Waals surface area contributed by atoms with Gasteiger partial charge in [0.2, 0.25) is 0 Å². The fraction of sp³-hybridized carbons (Fsp3) is 0.250. The van der Waals surface area contributed by atoms with Crippen LogP contribution in [-0.2, 0) is 7.05 Å². The molecule has 0 saturated heterocycles. The summed E-state index contributed by atoms with van der Waals surface area (Å²) in [5.41, 5.74) is 0.779. The first-order valence-electron chi connectivity index (χ1n) is 5.29. The summed E-state index contributed by atoms with van der Waals surface area (Å²) < 4.78 is 30.4. The molecule has 2 rings (SSSR count). The highest BCUT2D eigenvalue weighted by Gasteiger charge is 2.19. The number of hydrogen-bond acceptors (Lipinski definition) is 3. The molecule has 96 valence electrons. The van der Waals surface area contributed by atoms with E-state index in [0.29, 0.717) is 5.69 Å². The van der Waals surface area contributed by atoms with Crippen LogP contribution in [0.2, 0.25) is 0 Å². The molecule has 0 bridgehead atoms. The third-order valence-electron chi connectivity index (χ3n) is 2.57. The average Bonchev–Trinajstić information content (AvgIpc) is 2.74. The van der Waals surface area contributed by atoms with E-state index >= 15 is 0 Å². The van der Waals surface area contributed by atoms with Crippen LogP contribution >= 0.6 is 0 Å². The number of rotatable bonds is 4. The van der Waals surface area contributed by atoms with Crippen LogP contribution in [0.5, 0.6) is 5.75 Å². The van der Waals surface area contributed by atoms with E-state index in [0.717, 1.165) is 0 Å². The predicted octanol–water partition coefficient (Wildman–Crippen LogP) is 2.10. The molecule has 4 nitrogen and oxygen atoms in total. The van der Waals surface area contributed by atoms with Crippen molar-refractivity contribution in [3.05, 3.63) is 47.8 Å². The van der Waals surface area contributed by atoms with Crippen LogP contribution in [0.3, 0.4) is 0 Å². The summed E-state index contributed by atoms with van der Waals surface area (Å²) in [4.78, 5) is 0. The molecule has 0 spiro atoms. The Morgan fingerprint density at radius 2 is 2.00 bits per heavy atom. The van der Waals surface area contributed by atoms with Gasteiger partial charge in [-0.2, -0.15) is 13.9 Å². The Labute approximate surface area is 102 Å². The standard InChI is InChI=1S/C12H12F2N2O2/c1-16-9(6-7-15-16)11(17)8-4-2-3-5-10(8)18-12(13)14/h2-7,11-12,17H,1H3. The molecule has 6 heteroatoms. The second-order valence-corrected chi connectivity index (χ2v) is 3.70. The van der Waals surface area contributed by atoms with Crippen LogP contribution in [-0.4, -0.2) is 21.5 Å². The molecule has 0 aliphatic carbocycles. The van der Waals surface area contributed by atoms with Gasteiger partial charge in [-0.1, -0.05) is 18.2 Å². The van der Waals surface area contributed by atoms with Crippen LogP contribution in [0.25, 0.3) is 0 Å². The maximum atomic E-state index is 12.3. The van der Waals surface area contributed by atoms with Crippen molar-refractivity contribution in [2.45, 2.75) is 12.7 Å². The molecule has 1 aromatic carbocycles. The third-order valence-corrected chi connectivity index (χ3v) is 2.57. The summed E-state index contributed by atoms with van der Waals surface area (Å²) in [7, 11) is 1.66. The van der Waals surface area contributed by atoms with Crippen molar-refractivity contribution in [1.82, 2.24) is 9.78 Å². The number of hydrogen-bond donors (Lipinski definition) is 1. The first kappa shape index (κ1) is 12.5. The lowest BCUT2D eigenvalue weighted by Crippen LogP contribution is -2.10. The lowest BCUT2D eigenvalue weighted by atomic mass is 10.1. The highest BCUT2D eigenvalue weighted by atomic mass is 19.3. The Kier molecular flexibility index (Phi) is 3.57. The van der Waals surface area contributed by atoms with Crippen LogP contribution < -0.4 is 4.74 Å². The molecule has 2 aromatic rings. The van der Waals surface area contributed by atoms with Crippen molar-refractivity contribution < 1.29 is 18.6 Å². The molecule has 0 amide bonds. The van der Waals surface area contributed by atoms with E-state index in [1.807, 2.05) is 0 Å². The Balaban J connectivity index is 2.36. The summed E-state index contributed by atoms with van der Waals surface area (Å²) in [5, 5.41) is 14.1. The minimum Gasteiger partial charge on any atom is -0.434 e. The lowest BCUT2D eigenvalue weighted by molar-refractivity contribution is -0.0513. The van der Waals surface area contributed by atoms with Crippen LogP contribution in [0.15, 0.2) is 36.5 Å². The molecule has 0 radical (unpaired) electrons. The van der Waals surface area contributed by atoms with Gasteiger partial charge in [0.25, 0.3) is 0 Å². The molecule has 1 aromatic heterocycles. The van der Waals surface area contributed by atoms with E-state index in [9.17, 15) is 13.9 Å². The minimum atomic E-state index is -2.93. The van der Waals surface area contributed by atoms with Crippen LogP contribution in [0, 0.1) is 0 Å². The second kappa shape index (κ2) is 5.14. The summed E-state index contributed by atoms with van der Waals surface area (Å²) in [6, 6.07) is 7.75. The van der Waals surface area contributed by atoms with Crippen molar-refractivity contribution >= 4 is 0 Å². The quantitative estimate of drug-likeness (QED) is 0.909. The number of aromatic nitrogens is 2. The summed E-state index contributed by atoms with van der Waals surface area (Å²) in [6.07, 6.45) is 0.460. The molecule has 18 heavy (non-hydrogen) atoms. The molecular formula is C12H12F2N2O2. The highest BCUT2D eigenvalue weighted by molar-refractivity contribution is 5.38. The molecule has 0 saturated carbocycles. The van der Waals surface area contributed by atoms with E-state index in [1.165, 1.54) is 23.0 Å². The van der Waals surface area contributed by atoms with Crippen LogP contribution in [0.4, 0.5) is 8.78 Å². The van der Waals surface area contributed by atoms with Gasteiger partial charge in [0.1, 0.15) is 11.9 Å². The maximum Gasteiger partial charge on any atom is 0.387 e. The zero-order chi connectivity index (χ0) is 13.1. The van der Waals surface area contributed by atoms with Crippen molar-refractivity contribution in [1.29, 1.82) is 0 Å². The minimum absolute atomic E-state index is 0.0406. The van der Waals surface area contributed by atoms with E-state index in [1.54, 1.807) is 25.2 Å². The monoisotopic (exact) mass is 254 g/mol. The highest BCUT2D eigenvalue weighted by Crippen LogP contribution is 2.30. The van der Waals surface area contributed by atoms with E-state index in [-0.39, 0.29) is 11.3 Å². The van der Waals surface area contributed by atoms with Gasteiger partial charge in [-0.15, -0.1) is 0 Å². The Morgan fingerprint density at radius 1 is 1.28 bits per heavy atom.